The van der Waals surface area contributed by atoms with Crippen molar-refractivity contribution in [2.45, 2.75) is 38.1 Å². The molecule has 1 aromatic heterocycles. The Morgan fingerprint density at radius 1 is 1.03 bits per heavy atom. The number of nitrogens with zero attached hydrogens (tertiary/aromatic N) is 3. The molecule has 0 radical (unpaired) electrons. The molecule has 1 aliphatic rings. The molecular weight excluding hydrogens is 460 g/mol. The van der Waals surface area contributed by atoms with Crippen LogP contribution in [0.5, 0.6) is 0 Å². The number of nitrogens with one attached hydrogen (secondary N) is 1. The highest BCUT2D eigenvalue weighted by Gasteiger charge is 2.28. The molecule has 1 aliphatic heterocycles. The minimum absolute atomic E-state index is 0. The summed E-state index contributed by atoms with van der Waals surface area (Å²) in [6.07, 6.45) is 3.38. The lowest BCUT2D eigenvalue weighted by Gasteiger charge is -2.29. The fraction of sp³-hybridized carbons (Fsp3) is 0.333. The van der Waals surface area contributed by atoms with Crippen molar-refractivity contribution >= 4 is 34.2 Å². The van der Waals surface area contributed by atoms with E-state index < -0.39 is 10.0 Å². The highest BCUT2D eigenvalue weighted by Crippen LogP contribution is 2.24. The molecule has 3 aromatic rings. The van der Waals surface area contributed by atoms with Gasteiger partial charge in [0.25, 0.3) is 5.91 Å². The fourth-order valence-electron chi connectivity index (χ4n) is 3.77. The van der Waals surface area contributed by atoms with E-state index in [2.05, 4.69) is 17.3 Å². The van der Waals surface area contributed by atoms with Crippen LogP contribution in [0.3, 0.4) is 0 Å². The highest BCUT2D eigenvalue weighted by atomic mass is 35.5. The zero-order chi connectivity index (χ0) is 22.7. The summed E-state index contributed by atoms with van der Waals surface area (Å²) in [5.74, 6) is 0.813. The zero-order valence-electron chi connectivity index (χ0n) is 18.8. The first kappa shape index (κ1) is 25.0. The van der Waals surface area contributed by atoms with Crippen molar-refractivity contribution < 1.29 is 13.2 Å². The number of sulfonamides is 1. The van der Waals surface area contributed by atoms with Crippen LogP contribution in [-0.4, -0.2) is 41.5 Å². The fourth-order valence-corrected chi connectivity index (χ4v) is 5.24. The minimum Gasteiger partial charge on any atom is -0.307 e. The molecule has 1 amide bonds. The second kappa shape index (κ2) is 10.5. The van der Waals surface area contributed by atoms with E-state index in [4.69, 9.17) is 0 Å². The van der Waals surface area contributed by atoms with Gasteiger partial charge in [-0.05, 0) is 55.5 Å². The van der Waals surface area contributed by atoms with Crippen LogP contribution in [0.2, 0.25) is 0 Å². The summed E-state index contributed by atoms with van der Waals surface area (Å²) in [6, 6.07) is 16.0. The molecule has 0 atom stereocenters. The number of aryl methyl sites for hydroxylation is 1. The smallest absolute Gasteiger partial charge is 0.256 e. The van der Waals surface area contributed by atoms with E-state index >= 15 is 0 Å². The third kappa shape index (κ3) is 5.82. The predicted molar refractivity (Wildman–Crippen MR) is 131 cm³/mol. The largest absolute Gasteiger partial charge is 0.307 e. The number of carbonyl (C=O) groups excluding carboxylic acids is 1. The van der Waals surface area contributed by atoms with Gasteiger partial charge in [0.05, 0.1) is 17.6 Å². The van der Waals surface area contributed by atoms with Gasteiger partial charge >= 0.3 is 0 Å². The molecule has 0 unspecified atom stereocenters. The van der Waals surface area contributed by atoms with Crippen molar-refractivity contribution in [3.8, 4) is 0 Å². The molecule has 7 nitrogen and oxygen atoms in total. The molecule has 9 heteroatoms. The van der Waals surface area contributed by atoms with Gasteiger partial charge in [0, 0.05) is 24.7 Å². The van der Waals surface area contributed by atoms with Crippen molar-refractivity contribution in [3.63, 3.8) is 0 Å². The predicted octanol–water partition coefficient (Wildman–Crippen LogP) is 4.33. The standard InChI is InChI=1S/C24H28N4O3S.ClH/c1-18-3-5-20(6-4-18)17-28-23(11-14-25-28)26-24(29)21-7-9-22(10-8-21)32(30,31)27-15-12-19(2)13-16-27;/h3-11,14,19H,12-13,15-17H2,1-2H3,(H,26,29);1H. The normalized spacial score (nSPS) is 15.1. The van der Waals surface area contributed by atoms with Gasteiger partial charge < -0.3 is 5.32 Å². The number of anilines is 1. The summed E-state index contributed by atoms with van der Waals surface area (Å²) in [5, 5.41) is 7.17. The first-order valence-electron chi connectivity index (χ1n) is 10.8. The van der Waals surface area contributed by atoms with E-state index in [-0.39, 0.29) is 23.2 Å². The summed E-state index contributed by atoms with van der Waals surface area (Å²) in [4.78, 5) is 13.0. The van der Waals surface area contributed by atoms with Crippen LogP contribution >= 0.6 is 12.4 Å². The first-order chi connectivity index (χ1) is 15.3. The van der Waals surface area contributed by atoms with Crippen LogP contribution in [0.15, 0.2) is 65.7 Å². The van der Waals surface area contributed by atoms with Gasteiger partial charge in [0.2, 0.25) is 10.0 Å². The molecule has 1 saturated heterocycles. The zero-order valence-corrected chi connectivity index (χ0v) is 20.4. The lowest BCUT2D eigenvalue weighted by atomic mass is 10.0. The van der Waals surface area contributed by atoms with Gasteiger partial charge in [0.1, 0.15) is 5.82 Å². The topological polar surface area (TPSA) is 84.3 Å². The van der Waals surface area contributed by atoms with Crippen LogP contribution in [0.1, 0.15) is 41.3 Å². The Balaban J connectivity index is 0.00000306. The Kier molecular flexibility index (Phi) is 7.94. The third-order valence-corrected chi connectivity index (χ3v) is 7.82. The highest BCUT2D eigenvalue weighted by molar-refractivity contribution is 7.89. The monoisotopic (exact) mass is 488 g/mol. The number of carbonyl (C=O) groups is 1. The van der Waals surface area contributed by atoms with E-state index in [1.807, 2.05) is 31.2 Å². The molecule has 0 saturated carbocycles. The summed E-state index contributed by atoms with van der Waals surface area (Å²) < 4.78 is 29.0. The van der Waals surface area contributed by atoms with Gasteiger partial charge in [-0.3, -0.25) is 4.79 Å². The number of hydrogen-bond acceptors (Lipinski definition) is 4. The van der Waals surface area contributed by atoms with E-state index in [9.17, 15) is 13.2 Å². The second-order valence-corrected chi connectivity index (χ2v) is 10.4. The van der Waals surface area contributed by atoms with Gasteiger partial charge in [-0.25, -0.2) is 13.1 Å². The number of rotatable bonds is 6. The van der Waals surface area contributed by atoms with Crippen LogP contribution < -0.4 is 5.32 Å². The quantitative estimate of drug-likeness (QED) is 0.559. The average molecular weight is 489 g/mol. The molecule has 0 spiro atoms. The van der Waals surface area contributed by atoms with Gasteiger partial charge in [0.15, 0.2) is 0 Å². The van der Waals surface area contributed by atoms with Gasteiger partial charge in [-0.15, -0.1) is 12.4 Å². The van der Waals surface area contributed by atoms with E-state index in [0.717, 1.165) is 18.4 Å². The number of piperidine rings is 1. The Morgan fingerprint density at radius 3 is 2.30 bits per heavy atom. The molecule has 1 N–H and O–H groups in total. The summed E-state index contributed by atoms with van der Waals surface area (Å²) in [6.45, 7) is 5.79. The summed E-state index contributed by atoms with van der Waals surface area (Å²) in [7, 11) is -3.53. The van der Waals surface area contributed by atoms with Crippen molar-refractivity contribution in [1.29, 1.82) is 0 Å². The number of amides is 1. The molecule has 4 rings (SSSR count). The van der Waals surface area contributed by atoms with Crippen LogP contribution in [-0.2, 0) is 16.6 Å². The molecule has 0 bridgehead atoms. The lowest BCUT2D eigenvalue weighted by molar-refractivity contribution is 0.102. The minimum atomic E-state index is -3.53. The molecule has 2 aromatic carbocycles. The molecular formula is C24H29ClN4O3S. The summed E-state index contributed by atoms with van der Waals surface area (Å²) in [5.41, 5.74) is 2.65. The van der Waals surface area contributed by atoms with E-state index in [1.165, 1.54) is 22.0 Å². The van der Waals surface area contributed by atoms with E-state index in [0.29, 0.717) is 36.9 Å². The Bertz CT molecular complexity index is 1180. The average Bonchev–Trinajstić information content (AvgIpc) is 3.22. The number of halogens is 1. The molecule has 2 heterocycles. The maximum absolute atomic E-state index is 12.9. The van der Waals surface area contributed by atoms with Crippen LogP contribution in [0, 0.1) is 12.8 Å². The SMILES string of the molecule is Cc1ccc(Cn2nccc2NC(=O)c2ccc(S(=O)(=O)N3CCC(C)CC3)cc2)cc1.Cl. The van der Waals surface area contributed by atoms with Crippen molar-refractivity contribution in [1.82, 2.24) is 14.1 Å². The third-order valence-electron chi connectivity index (χ3n) is 5.91. The van der Waals surface area contributed by atoms with Crippen LogP contribution in [0.25, 0.3) is 0 Å². The lowest BCUT2D eigenvalue weighted by Crippen LogP contribution is -2.37. The Hall–Kier alpha value is -2.68. The second-order valence-electron chi connectivity index (χ2n) is 8.42. The van der Waals surface area contributed by atoms with Crippen molar-refractivity contribution in [3.05, 3.63) is 77.5 Å². The molecule has 1 fully saturated rings. The molecule has 0 aliphatic carbocycles. The number of hydrogen-bond donors (Lipinski definition) is 1. The maximum atomic E-state index is 12.9. The molecule has 33 heavy (non-hydrogen) atoms. The van der Waals surface area contributed by atoms with Crippen LogP contribution in [0.4, 0.5) is 5.82 Å². The number of aromatic nitrogens is 2. The number of benzene rings is 2. The first-order valence-corrected chi connectivity index (χ1v) is 12.3. The molecule has 176 valence electrons. The van der Waals surface area contributed by atoms with Gasteiger partial charge in [-0.1, -0.05) is 36.8 Å². The van der Waals surface area contributed by atoms with Crippen molar-refractivity contribution in [2.75, 3.05) is 18.4 Å². The van der Waals surface area contributed by atoms with Gasteiger partial charge in [-0.2, -0.15) is 9.40 Å². The Morgan fingerprint density at radius 2 is 1.67 bits per heavy atom. The van der Waals surface area contributed by atoms with Crippen molar-refractivity contribution in [2.24, 2.45) is 5.92 Å². The van der Waals surface area contributed by atoms with E-state index in [1.54, 1.807) is 29.1 Å². The Labute approximate surface area is 201 Å². The maximum Gasteiger partial charge on any atom is 0.256 e. The summed E-state index contributed by atoms with van der Waals surface area (Å²) >= 11 is 0.